The van der Waals surface area contributed by atoms with E-state index in [1.165, 1.54) is 17.2 Å². The molecule has 192 valence electrons. The fraction of sp³-hybridized carbons (Fsp3) is 0.433. The largest absolute Gasteiger partial charge is 0.493 e. The molecule has 1 atom stereocenters. The minimum absolute atomic E-state index is 0.217. The third-order valence-electron chi connectivity index (χ3n) is 5.76. The first kappa shape index (κ1) is 30.5. The van der Waals surface area contributed by atoms with Gasteiger partial charge in [0.05, 0.1) is 6.61 Å². The molecule has 0 saturated carbocycles. The number of nitrogens with zero attached hydrogens (tertiary/aromatic N) is 1. The molecule has 0 aliphatic carbocycles. The van der Waals surface area contributed by atoms with Gasteiger partial charge in [-0.05, 0) is 85.1 Å². The van der Waals surface area contributed by atoms with Crippen LogP contribution in [0.5, 0.6) is 5.75 Å². The number of anilines is 1. The molecule has 0 amide bonds. The van der Waals surface area contributed by atoms with Gasteiger partial charge in [0, 0.05) is 17.3 Å². The lowest BCUT2D eigenvalue weighted by molar-refractivity contribution is 0.303. The van der Waals surface area contributed by atoms with Gasteiger partial charge in [0.1, 0.15) is 17.4 Å². The summed E-state index contributed by atoms with van der Waals surface area (Å²) in [5.74, 6) is 1.78. The normalized spacial score (nSPS) is 11.1. The number of aryl methyl sites for hydroxylation is 2. The molecule has 3 nitrogen and oxygen atoms in total. The van der Waals surface area contributed by atoms with Crippen molar-refractivity contribution in [2.24, 2.45) is 5.92 Å². The fourth-order valence-electron chi connectivity index (χ4n) is 3.56. The number of ether oxygens (including phenoxy) is 1. The van der Waals surface area contributed by atoms with Crippen LogP contribution >= 0.6 is 11.8 Å². The van der Waals surface area contributed by atoms with Crippen molar-refractivity contribution in [2.45, 2.75) is 60.3 Å². The molecule has 3 rings (SSSR count). The van der Waals surface area contributed by atoms with E-state index in [1.54, 1.807) is 23.9 Å². The predicted octanol–water partition coefficient (Wildman–Crippen LogP) is 8.55. The second kappa shape index (κ2) is 16.2. The average molecular weight is 499 g/mol. The van der Waals surface area contributed by atoms with Gasteiger partial charge in [-0.3, -0.25) is 0 Å². The summed E-state index contributed by atoms with van der Waals surface area (Å²) in [6.45, 7) is 13.0. The maximum atomic E-state index is 13.8. The summed E-state index contributed by atoms with van der Waals surface area (Å²) in [4.78, 5) is 4.30. The monoisotopic (exact) mass is 498 g/mol. The van der Waals surface area contributed by atoms with Crippen LogP contribution in [0.4, 0.5) is 10.2 Å². The highest BCUT2D eigenvalue weighted by atomic mass is 32.2. The van der Waals surface area contributed by atoms with Crippen LogP contribution in [-0.2, 0) is 6.42 Å². The molecule has 2 N–H and O–H groups in total. The van der Waals surface area contributed by atoms with Crippen LogP contribution in [0, 0.1) is 18.7 Å². The number of pyridine rings is 1. The van der Waals surface area contributed by atoms with E-state index in [0.29, 0.717) is 18.3 Å². The van der Waals surface area contributed by atoms with Crippen molar-refractivity contribution < 1.29 is 9.13 Å². The van der Waals surface area contributed by atoms with Gasteiger partial charge in [-0.25, -0.2) is 9.37 Å². The number of halogens is 1. The summed E-state index contributed by atoms with van der Waals surface area (Å²) in [7, 11) is 0. The molecular weight excluding hydrogens is 455 g/mol. The summed E-state index contributed by atoms with van der Waals surface area (Å²) >= 11 is 1.75. The predicted molar refractivity (Wildman–Crippen MR) is 153 cm³/mol. The van der Waals surface area contributed by atoms with Gasteiger partial charge < -0.3 is 10.5 Å². The Balaban J connectivity index is 0.00000114. The van der Waals surface area contributed by atoms with Crippen LogP contribution < -0.4 is 10.5 Å². The second-order valence-corrected chi connectivity index (χ2v) is 9.47. The van der Waals surface area contributed by atoms with Gasteiger partial charge in [-0.15, -0.1) is 0 Å². The number of hydrogen-bond donors (Lipinski definition) is 1. The standard InChI is InChI=1S/C26H31FN2O.C2H6S.C2H6/c1-17(2)19(4)24-15-22(27)11-12-25(24)30-13-7-9-20-8-5-6-10-23(20)21-14-18(3)26(28)29-16-21;1-3-2;1-2/h5-6,8,10-12,14-17,19H,7,9,13H2,1-4H3,(H2,28,29);1-2H3;1-2H3. The molecule has 1 unspecified atom stereocenters. The zero-order valence-electron chi connectivity index (χ0n) is 22.7. The van der Waals surface area contributed by atoms with Gasteiger partial charge in [0.2, 0.25) is 0 Å². The number of aromatic nitrogens is 1. The summed E-state index contributed by atoms with van der Waals surface area (Å²) in [6, 6.07) is 15.3. The molecule has 0 aliphatic rings. The molecule has 0 saturated heterocycles. The van der Waals surface area contributed by atoms with E-state index < -0.39 is 0 Å². The average Bonchev–Trinajstić information content (AvgIpc) is 2.85. The Bertz CT molecular complexity index is 1020. The van der Waals surface area contributed by atoms with E-state index >= 15 is 0 Å². The Hall–Kier alpha value is -2.53. The summed E-state index contributed by atoms with van der Waals surface area (Å²) in [5, 5.41) is 0. The first-order chi connectivity index (χ1) is 16.8. The lowest BCUT2D eigenvalue weighted by Gasteiger charge is -2.20. The van der Waals surface area contributed by atoms with Crippen molar-refractivity contribution in [3.8, 4) is 16.9 Å². The molecule has 0 radical (unpaired) electrons. The molecule has 0 spiro atoms. The maximum absolute atomic E-state index is 13.8. The summed E-state index contributed by atoms with van der Waals surface area (Å²) in [5.41, 5.74) is 11.3. The first-order valence-corrected chi connectivity index (χ1v) is 14.0. The first-order valence-electron chi connectivity index (χ1n) is 12.4. The van der Waals surface area contributed by atoms with E-state index in [2.05, 4.69) is 50.0 Å². The lowest BCUT2D eigenvalue weighted by atomic mass is 9.89. The van der Waals surface area contributed by atoms with Gasteiger partial charge in [0.25, 0.3) is 0 Å². The molecule has 1 heterocycles. The van der Waals surface area contributed by atoms with Crippen molar-refractivity contribution in [1.29, 1.82) is 0 Å². The van der Waals surface area contributed by atoms with Crippen LogP contribution in [0.15, 0.2) is 54.7 Å². The minimum Gasteiger partial charge on any atom is -0.493 e. The summed E-state index contributed by atoms with van der Waals surface area (Å²) < 4.78 is 19.8. The second-order valence-electron chi connectivity index (χ2n) is 8.66. The van der Waals surface area contributed by atoms with Crippen molar-refractivity contribution in [1.82, 2.24) is 4.98 Å². The Kier molecular flexibility index (Phi) is 14.1. The minimum atomic E-state index is -0.217. The SMILES string of the molecule is CC.CSC.Cc1cc(-c2ccccc2CCCOc2ccc(F)cc2C(C)C(C)C)cnc1N. The van der Waals surface area contributed by atoms with E-state index in [4.69, 9.17) is 10.5 Å². The molecule has 1 aromatic heterocycles. The molecule has 5 heteroatoms. The number of thioether (sulfide) groups is 1. The molecule has 35 heavy (non-hydrogen) atoms. The number of hydrogen-bond acceptors (Lipinski definition) is 4. The van der Waals surface area contributed by atoms with E-state index in [9.17, 15) is 4.39 Å². The van der Waals surface area contributed by atoms with Crippen LogP contribution in [0.3, 0.4) is 0 Å². The van der Waals surface area contributed by atoms with Crippen molar-refractivity contribution in [3.63, 3.8) is 0 Å². The Morgan fingerprint density at radius 3 is 2.31 bits per heavy atom. The lowest BCUT2D eigenvalue weighted by Crippen LogP contribution is -2.08. The third-order valence-corrected chi connectivity index (χ3v) is 5.76. The topological polar surface area (TPSA) is 48.1 Å². The fourth-order valence-corrected chi connectivity index (χ4v) is 3.56. The quantitative estimate of drug-likeness (QED) is 0.316. The van der Waals surface area contributed by atoms with Gasteiger partial charge >= 0.3 is 0 Å². The molecule has 0 aliphatic heterocycles. The number of nitrogen functional groups attached to an aromatic ring is 1. The molecular formula is C30H43FN2OS. The zero-order chi connectivity index (χ0) is 26.4. The van der Waals surface area contributed by atoms with Crippen LogP contribution in [0.1, 0.15) is 63.6 Å². The molecule has 2 aromatic carbocycles. The summed E-state index contributed by atoms with van der Waals surface area (Å²) in [6.07, 6.45) is 7.66. The van der Waals surface area contributed by atoms with E-state index in [-0.39, 0.29) is 11.7 Å². The maximum Gasteiger partial charge on any atom is 0.126 e. The Morgan fingerprint density at radius 2 is 1.69 bits per heavy atom. The van der Waals surface area contributed by atoms with Gasteiger partial charge in [-0.1, -0.05) is 58.9 Å². The van der Waals surface area contributed by atoms with Crippen LogP contribution in [0.25, 0.3) is 11.1 Å². The highest BCUT2D eigenvalue weighted by Crippen LogP contribution is 2.32. The smallest absolute Gasteiger partial charge is 0.126 e. The van der Waals surface area contributed by atoms with E-state index in [0.717, 1.165) is 35.3 Å². The molecule has 3 aromatic rings. The molecule has 0 fully saturated rings. The zero-order valence-corrected chi connectivity index (χ0v) is 23.5. The number of benzene rings is 2. The third kappa shape index (κ3) is 9.56. The number of rotatable bonds is 8. The highest BCUT2D eigenvalue weighted by Gasteiger charge is 2.16. The van der Waals surface area contributed by atoms with E-state index in [1.807, 2.05) is 45.5 Å². The van der Waals surface area contributed by atoms with Gasteiger partial charge in [-0.2, -0.15) is 11.8 Å². The van der Waals surface area contributed by atoms with Crippen LogP contribution in [-0.4, -0.2) is 24.1 Å². The van der Waals surface area contributed by atoms with Crippen molar-refractivity contribution in [3.05, 3.63) is 77.2 Å². The highest BCUT2D eigenvalue weighted by molar-refractivity contribution is 7.97. The van der Waals surface area contributed by atoms with Crippen molar-refractivity contribution in [2.75, 3.05) is 24.9 Å². The van der Waals surface area contributed by atoms with Gasteiger partial charge in [0.15, 0.2) is 0 Å². The van der Waals surface area contributed by atoms with Crippen LogP contribution in [0.2, 0.25) is 0 Å². The Morgan fingerprint density at radius 1 is 1.03 bits per heavy atom. The Labute approximate surface area is 216 Å². The number of nitrogens with two attached hydrogens (primary N) is 1. The molecule has 0 bridgehead atoms. The van der Waals surface area contributed by atoms with Crippen molar-refractivity contribution >= 4 is 17.6 Å².